The van der Waals surface area contributed by atoms with E-state index in [-0.39, 0.29) is 11.9 Å². The molecule has 6 nitrogen and oxygen atoms in total. The van der Waals surface area contributed by atoms with Crippen molar-refractivity contribution < 1.29 is 4.39 Å². The van der Waals surface area contributed by atoms with E-state index in [0.717, 1.165) is 58.6 Å². The van der Waals surface area contributed by atoms with Crippen LogP contribution in [0.1, 0.15) is 29.3 Å². The smallest absolute Gasteiger partial charge is 0.138 e. The van der Waals surface area contributed by atoms with Crippen LogP contribution >= 0.6 is 0 Å². The van der Waals surface area contributed by atoms with Gasteiger partial charge in [0.1, 0.15) is 11.5 Å². The van der Waals surface area contributed by atoms with Gasteiger partial charge >= 0.3 is 0 Å². The third kappa shape index (κ3) is 2.73. The van der Waals surface area contributed by atoms with E-state index in [1.54, 1.807) is 12.3 Å². The van der Waals surface area contributed by atoms with Crippen molar-refractivity contribution in [3.8, 4) is 11.1 Å². The minimum Gasteiger partial charge on any atom is -0.363 e. The quantitative estimate of drug-likeness (QED) is 0.520. The Bertz CT molecular complexity index is 1350. The van der Waals surface area contributed by atoms with E-state index in [1.807, 2.05) is 30.1 Å². The molecule has 31 heavy (non-hydrogen) atoms. The molecule has 1 atom stereocenters. The molecule has 156 valence electrons. The van der Waals surface area contributed by atoms with Gasteiger partial charge in [-0.15, -0.1) is 0 Å². The van der Waals surface area contributed by atoms with Crippen LogP contribution in [0.3, 0.4) is 0 Å². The van der Waals surface area contributed by atoms with Crippen molar-refractivity contribution in [3.63, 3.8) is 0 Å². The van der Waals surface area contributed by atoms with E-state index in [1.165, 1.54) is 17.2 Å². The maximum absolute atomic E-state index is 14.4. The van der Waals surface area contributed by atoms with Crippen molar-refractivity contribution in [2.45, 2.75) is 12.5 Å². The van der Waals surface area contributed by atoms with Crippen LogP contribution in [0.25, 0.3) is 27.7 Å². The molecule has 0 spiro atoms. The lowest BCUT2D eigenvalue weighted by atomic mass is 9.92. The summed E-state index contributed by atoms with van der Waals surface area (Å²) < 4.78 is 16.2. The topological polar surface area (TPSA) is 61.8 Å². The summed E-state index contributed by atoms with van der Waals surface area (Å²) in [4.78, 5) is 10.5. The normalized spacial score (nSPS) is 18.1. The van der Waals surface area contributed by atoms with Crippen LogP contribution in [-0.4, -0.2) is 39.9 Å². The van der Waals surface area contributed by atoms with Gasteiger partial charge in [0.25, 0.3) is 0 Å². The van der Waals surface area contributed by atoms with Gasteiger partial charge in [-0.3, -0.25) is 4.68 Å². The highest BCUT2D eigenvalue weighted by atomic mass is 19.1. The monoisotopic (exact) mass is 414 g/mol. The molecular weight excluding hydrogens is 391 g/mol. The second-order valence-corrected chi connectivity index (χ2v) is 8.30. The van der Waals surface area contributed by atoms with E-state index in [9.17, 15) is 4.39 Å². The summed E-state index contributed by atoms with van der Waals surface area (Å²) in [6.45, 7) is 1.79. The van der Waals surface area contributed by atoms with Gasteiger partial charge in [-0.1, -0.05) is 6.08 Å². The van der Waals surface area contributed by atoms with Crippen molar-refractivity contribution in [1.29, 1.82) is 0 Å². The zero-order valence-electron chi connectivity index (χ0n) is 17.5. The van der Waals surface area contributed by atoms with Crippen LogP contribution in [0, 0.1) is 5.82 Å². The number of pyridine rings is 1. The van der Waals surface area contributed by atoms with E-state index >= 15 is 0 Å². The molecule has 0 saturated heterocycles. The summed E-state index contributed by atoms with van der Waals surface area (Å²) in [5, 5.41) is 8.91. The van der Waals surface area contributed by atoms with Crippen LogP contribution in [-0.2, 0) is 7.05 Å². The Morgan fingerprint density at radius 1 is 1.16 bits per heavy atom. The number of aromatic amines is 1. The van der Waals surface area contributed by atoms with Crippen LogP contribution in [0.2, 0.25) is 0 Å². The van der Waals surface area contributed by atoms with Crippen molar-refractivity contribution in [2.24, 2.45) is 7.05 Å². The Morgan fingerprint density at radius 3 is 2.84 bits per heavy atom. The number of anilines is 1. The number of H-pyrrole nitrogens is 1. The molecule has 2 aliphatic rings. The molecule has 4 aromatic rings. The third-order valence-corrected chi connectivity index (χ3v) is 6.45. The number of benzene rings is 1. The fourth-order valence-electron chi connectivity index (χ4n) is 5.08. The van der Waals surface area contributed by atoms with E-state index in [4.69, 9.17) is 0 Å². The molecule has 0 saturated carbocycles. The number of nitrogens with one attached hydrogen (secondary N) is 2. The average molecular weight is 414 g/mol. The molecule has 3 aromatic heterocycles. The first kappa shape index (κ1) is 18.3. The van der Waals surface area contributed by atoms with Gasteiger partial charge in [0.05, 0.1) is 12.2 Å². The molecule has 0 aliphatic carbocycles. The van der Waals surface area contributed by atoms with Gasteiger partial charge < -0.3 is 15.2 Å². The van der Waals surface area contributed by atoms with Crippen molar-refractivity contribution in [2.75, 3.05) is 25.0 Å². The molecule has 2 aliphatic heterocycles. The molecule has 1 unspecified atom stereocenters. The highest BCUT2D eigenvalue weighted by Crippen LogP contribution is 2.49. The predicted octanol–water partition coefficient (Wildman–Crippen LogP) is 4.02. The Balaban J connectivity index is 1.74. The molecule has 2 N–H and O–H groups in total. The first-order valence-corrected chi connectivity index (χ1v) is 10.5. The van der Waals surface area contributed by atoms with Crippen LogP contribution in [0.15, 0.2) is 48.9 Å². The average Bonchev–Trinajstić information content (AvgIpc) is 3.36. The molecule has 0 radical (unpaired) electrons. The number of rotatable bonds is 2. The number of hydrogen-bond acceptors (Lipinski definition) is 4. The fourth-order valence-corrected chi connectivity index (χ4v) is 5.08. The van der Waals surface area contributed by atoms with Crippen LogP contribution in [0.4, 0.5) is 10.1 Å². The molecular formula is C24H23FN6. The number of aromatic nitrogens is 4. The standard InChI is InChI=1S/C24H23FN6/c1-30-13-15(12-28-30)23-21-20-17(18-11-16(25)3-4-19(18)31(23)2)7-10-27-24(20)29-22(21)14-5-8-26-9-6-14/h3-5,7,10-13,23,26H,6,8-9H2,1-2H3,(H,27,29). The van der Waals surface area contributed by atoms with Gasteiger partial charge in [-0.25, -0.2) is 9.37 Å². The van der Waals surface area contributed by atoms with Gasteiger partial charge in [0.15, 0.2) is 0 Å². The van der Waals surface area contributed by atoms with Gasteiger partial charge in [-0.05, 0) is 48.4 Å². The minimum absolute atomic E-state index is 0.0807. The van der Waals surface area contributed by atoms with Crippen molar-refractivity contribution >= 4 is 22.3 Å². The number of nitrogens with zero attached hydrogens (tertiary/aromatic N) is 4. The Kier molecular flexibility index (Phi) is 4.01. The third-order valence-electron chi connectivity index (χ3n) is 6.45. The number of aryl methyl sites for hydroxylation is 1. The number of hydrogen-bond donors (Lipinski definition) is 2. The van der Waals surface area contributed by atoms with Crippen LogP contribution < -0.4 is 10.2 Å². The molecule has 6 rings (SSSR count). The first-order chi connectivity index (χ1) is 15.1. The fraction of sp³-hybridized carbons (Fsp3) is 0.250. The predicted molar refractivity (Wildman–Crippen MR) is 120 cm³/mol. The summed E-state index contributed by atoms with van der Waals surface area (Å²) in [5.41, 5.74) is 8.39. The SMILES string of the molecule is CN1c2ccc(F)cc2-c2ccnc3[nH]c(C4=CCNCC4)c(c23)C1c1cnn(C)c1. The number of fused-ring (bicyclic) bond motifs is 2. The van der Waals surface area contributed by atoms with Gasteiger partial charge in [0.2, 0.25) is 0 Å². The highest BCUT2D eigenvalue weighted by molar-refractivity contribution is 6.03. The van der Waals surface area contributed by atoms with E-state index < -0.39 is 0 Å². The second kappa shape index (κ2) is 6.78. The summed E-state index contributed by atoms with van der Waals surface area (Å²) in [6, 6.07) is 6.96. The van der Waals surface area contributed by atoms with E-state index in [0.29, 0.717) is 0 Å². The maximum atomic E-state index is 14.4. The lowest BCUT2D eigenvalue weighted by Gasteiger charge is -2.30. The van der Waals surface area contributed by atoms with Crippen molar-refractivity contribution in [3.05, 3.63) is 71.6 Å². The first-order valence-electron chi connectivity index (χ1n) is 10.5. The zero-order valence-corrected chi connectivity index (χ0v) is 17.5. The molecule has 0 fully saturated rings. The van der Waals surface area contributed by atoms with Crippen molar-refractivity contribution in [1.82, 2.24) is 25.1 Å². The molecule has 7 heteroatoms. The molecule has 1 aromatic carbocycles. The molecule has 0 bridgehead atoms. The van der Waals surface area contributed by atoms with Crippen LogP contribution in [0.5, 0.6) is 0 Å². The Labute approximate surface area is 179 Å². The van der Waals surface area contributed by atoms with E-state index in [2.05, 4.69) is 44.6 Å². The van der Waals surface area contributed by atoms with Gasteiger partial charge in [0, 0.05) is 66.5 Å². The second-order valence-electron chi connectivity index (χ2n) is 8.30. The summed E-state index contributed by atoms with van der Waals surface area (Å²) >= 11 is 0. The Hall–Kier alpha value is -3.45. The number of halogens is 1. The highest BCUT2D eigenvalue weighted by Gasteiger charge is 2.34. The summed E-state index contributed by atoms with van der Waals surface area (Å²) in [7, 11) is 4.01. The minimum atomic E-state index is -0.240. The summed E-state index contributed by atoms with van der Waals surface area (Å²) in [5.74, 6) is -0.240. The molecule has 0 amide bonds. The largest absolute Gasteiger partial charge is 0.363 e. The lowest BCUT2D eigenvalue weighted by molar-refractivity contribution is 0.628. The van der Waals surface area contributed by atoms with Gasteiger partial charge in [-0.2, -0.15) is 5.10 Å². The maximum Gasteiger partial charge on any atom is 0.138 e. The lowest BCUT2D eigenvalue weighted by Crippen LogP contribution is -2.26. The zero-order chi connectivity index (χ0) is 21.1. The Morgan fingerprint density at radius 2 is 2.06 bits per heavy atom. The molecule has 5 heterocycles. The summed E-state index contributed by atoms with van der Waals surface area (Å²) in [6.07, 6.45) is 8.98.